The van der Waals surface area contributed by atoms with E-state index in [0.717, 1.165) is 32.0 Å². The lowest BCUT2D eigenvalue weighted by molar-refractivity contribution is 0.465. The molecule has 1 unspecified atom stereocenters. The third kappa shape index (κ3) is 2.56. The van der Waals surface area contributed by atoms with Crippen molar-refractivity contribution in [1.82, 2.24) is 0 Å². The number of aromatic hydroxyl groups is 1. The molecular formula is C16H18O2S. The van der Waals surface area contributed by atoms with Crippen LogP contribution in [0.15, 0.2) is 40.1 Å². The monoisotopic (exact) mass is 274 g/mol. The topological polar surface area (TPSA) is 37.3 Å². The first kappa shape index (κ1) is 13.8. The van der Waals surface area contributed by atoms with E-state index in [2.05, 4.69) is 0 Å². The highest BCUT2D eigenvalue weighted by Gasteiger charge is 2.15. The molecule has 100 valence electrons. The Morgan fingerprint density at radius 1 is 0.947 bits per heavy atom. The summed E-state index contributed by atoms with van der Waals surface area (Å²) < 4.78 is 12.6. The summed E-state index contributed by atoms with van der Waals surface area (Å²) in [6, 6.07) is 9.52. The Morgan fingerprint density at radius 3 is 2.11 bits per heavy atom. The highest BCUT2D eigenvalue weighted by atomic mass is 32.2. The van der Waals surface area contributed by atoms with Crippen molar-refractivity contribution in [2.75, 3.05) is 0 Å². The summed E-state index contributed by atoms with van der Waals surface area (Å²) in [5.74, 6) is 0.294. The van der Waals surface area contributed by atoms with Crippen LogP contribution in [-0.2, 0) is 10.8 Å². The van der Waals surface area contributed by atoms with Crippen molar-refractivity contribution in [2.24, 2.45) is 0 Å². The smallest absolute Gasteiger partial charge is 0.121 e. The van der Waals surface area contributed by atoms with Crippen LogP contribution in [-0.4, -0.2) is 9.32 Å². The van der Waals surface area contributed by atoms with E-state index in [1.165, 1.54) is 0 Å². The minimum absolute atomic E-state index is 0.294. The number of phenols is 1. The number of benzene rings is 2. The van der Waals surface area contributed by atoms with E-state index in [4.69, 9.17) is 0 Å². The zero-order valence-electron chi connectivity index (χ0n) is 11.7. The Hall–Kier alpha value is -1.61. The van der Waals surface area contributed by atoms with Gasteiger partial charge in [0.25, 0.3) is 0 Å². The maximum absolute atomic E-state index is 12.6. The normalized spacial score (nSPS) is 12.4. The van der Waals surface area contributed by atoms with Crippen molar-refractivity contribution in [2.45, 2.75) is 37.5 Å². The second-order valence-corrected chi connectivity index (χ2v) is 6.32. The Balaban J connectivity index is 2.53. The Morgan fingerprint density at radius 2 is 1.53 bits per heavy atom. The van der Waals surface area contributed by atoms with Gasteiger partial charge >= 0.3 is 0 Å². The maximum atomic E-state index is 12.6. The molecule has 1 N–H and O–H groups in total. The number of rotatable bonds is 2. The second kappa shape index (κ2) is 5.17. The maximum Gasteiger partial charge on any atom is 0.121 e. The summed E-state index contributed by atoms with van der Waals surface area (Å²) in [5, 5.41) is 9.90. The fourth-order valence-electron chi connectivity index (χ4n) is 2.01. The van der Waals surface area contributed by atoms with Crippen molar-refractivity contribution < 1.29 is 9.32 Å². The molecule has 1 atom stereocenters. The lowest BCUT2D eigenvalue weighted by Crippen LogP contribution is -1.99. The zero-order chi connectivity index (χ0) is 14.2. The third-order valence-corrected chi connectivity index (χ3v) is 4.97. The van der Waals surface area contributed by atoms with Gasteiger partial charge in [-0.25, -0.2) is 4.21 Å². The molecule has 2 aromatic rings. The molecule has 0 heterocycles. The Kier molecular flexibility index (Phi) is 3.76. The molecule has 2 rings (SSSR count). The van der Waals surface area contributed by atoms with Crippen LogP contribution < -0.4 is 0 Å². The van der Waals surface area contributed by atoms with Gasteiger partial charge in [-0.05, 0) is 62.6 Å². The molecule has 0 aromatic heterocycles. The SMILES string of the molecule is Cc1ccc(S(=O)c2cc(C)c(O)c(C)c2C)cc1. The molecule has 0 bridgehead atoms. The highest BCUT2D eigenvalue weighted by molar-refractivity contribution is 7.85. The number of phenolic OH excluding ortho intramolecular Hbond substituents is 1. The summed E-state index contributed by atoms with van der Waals surface area (Å²) in [6.45, 7) is 7.59. The van der Waals surface area contributed by atoms with E-state index in [1.54, 1.807) is 0 Å². The molecule has 0 spiro atoms. The van der Waals surface area contributed by atoms with Crippen LogP contribution in [0.1, 0.15) is 22.3 Å². The predicted molar refractivity (Wildman–Crippen MR) is 78.2 cm³/mol. The Bertz CT molecular complexity index is 643. The first-order chi connectivity index (χ1) is 8.91. The fourth-order valence-corrected chi connectivity index (χ4v) is 3.37. The third-order valence-electron chi connectivity index (χ3n) is 3.44. The summed E-state index contributed by atoms with van der Waals surface area (Å²) in [5.41, 5.74) is 3.60. The van der Waals surface area contributed by atoms with Crippen molar-refractivity contribution in [1.29, 1.82) is 0 Å². The van der Waals surface area contributed by atoms with Gasteiger partial charge in [0, 0.05) is 9.79 Å². The largest absolute Gasteiger partial charge is 0.507 e. The molecule has 2 nitrogen and oxygen atoms in total. The van der Waals surface area contributed by atoms with E-state index >= 15 is 0 Å². The number of hydrogen-bond donors (Lipinski definition) is 1. The van der Waals surface area contributed by atoms with E-state index < -0.39 is 10.8 Å². The van der Waals surface area contributed by atoms with Crippen LogP contribution in [0.5, 0.6) is 5.75 Å². The summed E-state index contributed by atoms with van der Waals surface area (Å²) in [4.78, 5) is 1.56. The minimum atomic E-state index is -1.21. The van der Waals surface area contributed by atoms with E-state index in [9.17, 15) is 9.32 Å². The van der Waals surface area contributed by atoms with Gasteiger partial charge in [0.15, 0.2) is 0 Å². The van der Waals surface area contributed by atoms with Crippen molar-refractivity contribution >= 4 is 10.8 Å². The van der Waals surface area contributed by atoms with Crippen LogP contribution >= 0.6 is 0 Å². The van der Waals surface area contributed by atoms with Gasteiger partial charge in [0.1, 0.15) is 5.75 Å². The molecule has 0 radical (unpaired) electrons. The van der Waals surface area contributed by atoms with E-state index in [0.29, 0.717) is 5.75 Å². The molecule has 0 saturated heterocycles. The predicted octanol–water partition coefficient (Wildman–Crippen LogP) is 3.79. The van der Waals surface area contributed by atoms with Gasteiger partial charge in [-0.15, -0.1) is 0 Å². The molecule has 3 heteroatoms. The molecular weight excluding hydrogens is 256 g/mol. The Labute approximate surface area is 116 Å². The molecule has 0 aliphatic rings. The molecule has 2 aromatic carbocycles. The molecule has 0 saturated carbocycles. The average Bonchev–Trinajstić information content (AvgIpc) is 2.40. The standard InChI is InChI=1S/C16H18O2S/c1-10-5-7-14(8-6-10)19(18)15-9-11(2)16(17)13(4)12(15)3/h5-9,17H,1-4H3. The number of aryl methyl sites for hydroxylation is 2. The van der Waals surface area contributed by atoms with Crippen LogP contribution in [0.2, 0.25) is 0 Å². The summed E-state index contributed by atoms with van der Waals surface area (Å²) in [7, 11) is -1.21. The second-order valence-electron chi connectivity index (χ2n) is 4.87. The van der Waals surface area contributed by atoms with Crippen LogP contribution in [0, 0.1) is 27.7 Å². The van der Waals surface area contributed by atoms with Gasteiger partial charge in [-0.1, -0.05) is 17.7 Å². The minimum Gasteiger partial charge on any atom is -0.507 e. The first-order valence-corrected chi connectivity index (χ1v) is 7.35. The average molecular weight is 274 g/mol. The lowest BCUT2D eigenvalue weighted by Gasteiger charge is -2.12. The van der Waals surface area contributed by atoms with Crippen molar-refractivity contribution in [3.05, 3.63) is 52.6 Å². The fraction of sp³-hybridized carbons (Fsp3) is 0.250. The highest BCUT2D eigenvalue weighted by Crippen LogP contribution is 2.31. The van der Waals surface area contributed by atoms with Crippen LogP contribution in [0.3, 0.4) is 0 Å². The molecule has 0 aliphatic heterocycles. The van der Waals surface area contributed by atoms with Crippen LogP contribution in [0.4, 0.5) is 0 Å². The van der Waals surface area contributed by atoms with Crippen molar-refractivity contribution in [3.8, 4) is 5.75 Å². The van der Waals surface area contributed by atoms with Gasteiger partial charge in [0.05, 0.1) is 10.8 Å². The van der Waals surface area contributed by atoms with Gasteiger partial charge < -0.3 is 5.11 Å². The zero-order valence-corrected chi connectivity index (χ0v) is 12.5. The number of hydrogen-bond acceptors (Lipinski definition) is 2. The van der Waals surface area contributed by atoms with E-state index in [1.807, 2.05) is 58.0 Å². The quantitative estimate of drug-likeness (QED) is 0.904. The molecule has 0 amide bonds. The van der Waals surface area contributed by atoms with Gasteiger partial charge in [-0.2, -0.15) is 0 Å². The van der Waals surface area contributed by atoms with E-state index in [-0.39, 0.29) is 0 Å². The summed E-state index contributed by atoms with van der Waals surface area (Å²) >= 11 is 0. The molecule has 0 aliphatic carbocycles. The van der Waals surface area contributed by atoms with Crippen LogP contribution in [0.25, 0.3) is 0 Å². The molecule has 19 heavy (non-hydrogen) atoms. The summed E-state index contributed by atoms with van der Waals surface area (Å²) in [6.07, 6.45) is 0. The van der Waals surface area contributed by atoms with Gasteiger partial charge in [0.2, 0.25) is 0 Å². The molecule has 0 fully saturated rings. The van der Waals surface area contributed by atoms with Gasteiger partial charge in [-0.3, -0.25) is 0 Å². The first-order valence-electron chi connectivity index (χ1n) is 6.20. The lowest BCUT2D eigenvalue weighted by atomic mass is 10.1. The van der Waals surface area contributed by atoms with Crippen molar-refractivity contribution in [3.63, 3.8) is 0 Å².